The Labute approximate surface area is 149 Å². The molecule has 136 valence electrons. The van der Waals surface area contributed by atoms with E-state index >= 15 is 0 Å². The Morgan fingerprint density at radius 1 is 1.08 bits per heavy atom. The highest BCUT2D eigenvalue weighted by molar-refractivity contribution is 6.05. The molecule has 0 N–H and O–H groups in total. The van der Waals surface area contributed by atoms with E-state index in [1.165, 1.54) is 12.1 Å². The standard InChI is InChI=1S/C20H19F3N2O/c1-14-7-2-3-10-19(14)13-16-15(8-6-9-17(16)20(21,22)23)18(26)25(19)24-11-4-5-12-24/h4-6,8-9,11-12H,1-3,7,10,13H2. The van der Waals surface area contributed by atoms with Gasteiger partial charge < -0.3 is 0 Å². The normalized spacial score (nSPS) is 23.4. The first-order valence-corrected chi connectivity index (χ1v) is 8.70. The van der Waals surface area contributed by atoms with E-state index in [1.807, 2.05) is 0 Å². The molecule has 1 amide bonds. The summed E-state index contributed by atoms with van der Waals surface area (Å²) in [5, 5.41) is 1.61. The van der Waals surface area contributed by atoms with Crippen LogP contribution in [0.2, 0.25) is 0 Å². The molecule has 1 aromatic carbocycles. The van der Waals surface area contributed by atoms with Crippen molar-refractivity contribution < 1.29 is 18.0 Å². The number of halogens is 3. The summed E-state index contributed by atoms with van der Waals surface area (Å²) in [6.45, 7) is 4.16. The zero-order valence-corrected chi connectivity index (χ0v) is 14.2. The van der Waals surface area contributed by atoms with E-state index < -0.39 is 23.2 Å². The van der Waals surface area contributed by atoms with Crippen molar-refractivity contribution in [1.29, 1.82) is 0 Å². The topological polar surface area (TPSA) is 25.2 Å². The van der Waals surface area contributed by atoms with Crippen molar-refractivity contribution >= 4 is 5.91 Å². The fourth-order valence-corrected chi connectivity index (χ4v) is 4.34. The molecular formula is C20H19F3N2O. The highest BCUT2D eigenvalue weighted by atomic mass is 19.4. The molecule has 1 unspecified atom stereocenters. The Bertz CT molecular complexity index is 870. The monoisotopic (exact) mass is 360 g/mol. The number of carbonyl (C=O) groups excluding carboxylic acids is 1. The van der Waals surface area contributed by atoms with Crippen LogP contribution in [0.4, 0.5) is 13.2 Å². The quantitative estimate of drug-likeness (QED) is 0.676. The second-order valence-electron chi connectivity index (χ2n) is 7.03. The zero-order valence-electron chi connectivity index (χ0n) is 14.2. The van der Waals surface area contributed by atoms with Gasteiger partial charge in [-0.1, -0.05) is 19.1 Å². The van der Waals surface area contributed by atoms with Crippen LogP contribution >= 0.6 is 0 Å². The molecule has 1 fully saturated rings. The van der Waals surface area contributed by atoms with Crippen molar-refractivity contribution in [3.05, 3.63) is 71.6 Å². The molecule has 1 aromatic heterocycles. The molecule has 1 aliphatic carbocycles. The van der Waals surface area contributed by atoms with Crippen LogP contribution in [0.3, 0.4) is 0 Å². The second kappa shape index (κ2) is 5.76. The molecule has 6 heteroatoms. The summed E-state index contributed by atoms with van der Waals surface area (Å²) in [6, 6.07) is 7.46. The molecule has 2 aliphatic rings. The van der Waals surface area contributed by atoms with Crippen molar-refractivity contribution in [3.8, 4) is 0 Å². The van der Waals surface area contributed by atoms with E-state index in [2.05, 4.69) is 6.58 Å². The fourth-order valence-electron chi connectivity index (χ4n) is 4.34. The molecule has 3 nitrogen and oxygen atoms in total. The smallest absolute Gasteiger partial charge is 0.267 e. The Morgan fingerprint density at radius 2 is 1.81 bits per heavy atom. The van der Waals surface area contributed by atoms with Gasteiger partial charge in [0, 0.05) is 24.4 Å². The minimum Gasteiger partial charge on any atom is -0.267 e. The summed E-state index contributed by atoms with van der Waals surface area (Å²) in [4.78, 5) is 13.3. The summed E-state index contributed by atoms with van der Waals surface area (Å²) in [5.41, 5.74) is -0.487. The average Bonchev–Trinajstić information content (AvgIpc) is 3.10. The molecule has 2 aromatic rings. The predicted molar refractivity (Wildman–Crippen MR) is 92.5 cm³/mol. The molecular weight excluding hydrogens is 341 g/mol. The number of hydrogen-bond donors (Lipinski definition) is 0. The number of aromatic nitrogens is 1. The Hall–Kier alpha value is -2.50. The van der Waals surface area contributed by atoms with Gasteiger partial charge in [0.2, 0.25) is 0 Å². The summed E-state index contributed by atoms with van der Waals surface area (Å²) >= 11 is 0. The first kappa shape index (κ1) is 16.9. The van der Waals surface area contributed by atoms with Crippen LogP contribution in [0.15, 0.2) is 54.9 Å². The molecule has 0 saturated heterocycles. The number of rotatable bonds is 1. The first-order chi connectivity index (χ1) is 12.3. The number of benzene rings is 1. The van der Waals surface area contributed by atoms with Gasteiger partial charge in [-0.25, -0.2) is 5.01 Å². The molecule has 1 spiro atoms. The largest absolute Gasteiger partial charge is 0.416 e. The molecule has 1 atom stereocenters. The Kier molecular flexibility index (Phi) is 3.75. The van der Waals surface area contributed by atoms with Crippen molar-refractivity contribution in [2.45, 2.75) is 43.8 Å². The summed E-state index contributed by atoms with van der Waals surface area (Å²) in [6.07, 6.45) is 2.28. The van der Waals surface area contributed by atoms with Gasteiger partial charge in [-0.3, -0.25) is 9.47 Å². The van der Waals surface area contributed by atoms with Gasteiger partial charge in [-0.05, 0) is 54.7 Å². The van der Waals surface area contributed by atoms with Crippen LogP contribution in [0.25, 0.3) is 0 Å². The SMILES string of the molecule is C=C1CCCCC12Cc1c(cccc1C(F)(F)F)C(=O)N2n1cccc1. The van der Waals surface area contributed by atoms with Gasteiger partial charge in [0.15, 0.2) is 0 Å². The van der Waals surface area contributed by atoms with Gasteiger partial charge in [0.1, 0.15) is 0 Å². The van der Waals surface area contributed by atoms with E-state index in [0.29, 0.717) is 12.8 Å². The number of amides is 1. The van der Waals surface area contributed by atoms with Crippen LogP contribution in [0, 0.1) is 0 Å². The third kappa shape index (κ3) is 2.39. The second-order valence-corrected chi connectivity index (χ2v) is 7.03. The van der Waals surface area contributed by atoms with Gasteiger partial charge in [0.05, 0.1) is 11.1 Å². The van der Waals surface area contributed by atoms with Gasteiger partial charge in [-0.2, -0.15) is 13.2 Å². The molecule has 1 saturated carbocycles. The van der Waals surface area contributed by atoms with Crippen molar-refractivity contribution in [1.82, 2.24) is 4.68 Å². The van der Waals surface area contributed by atoms with Gasteiger partial charge in [-0.15, -0.1) is 0 Å². The van der Waals surface area contributed by atoms with E-state index in [-0.39, 0.29) is 17.5 Å². The lowest BCUT2D eigenvalue weighted by molar-refractivity contribution is -0.138. The summed E-state index contributed by atoms with van der Waals surface area (Å²) < 4.78 is 42.4. The number of hydrogen-bond acceptors (Lipinski definition) is 1. The summed E-state index contributed by atoms with van der Waals surface area (Å²) in [5.74, 6) is -0.406. The van der Waals surface area contributed by atoms with Crippen LogP contribution in [-0.2, 0) is 12.6 Å². The average molecular weight is 360 g/mol. The van der Waals surface area contributed by atoms with Crippen molar-refractivity contribution in [2.75, 3.05) is 5.01 Å². The highest BCUT2D eigenvalue weighted by Crippen LogP contribution is 2.46. The predicted octanol–water partition coefficient (Wildman–Crippen LogP) is 4.71. The molecule has 4 rings (SSSR count). The van der Waals surface area contributed by atoms with Crippen LogP contribution < -0.4 is 5.01 Å². The Balaban J connectivity index is 1.95. The highest BCUT2D eigenvalue weighted by Gasteiger charge is 2.51. The lowest BCUT2D eigenvalue weighted by Gasteiger charge is -2.51. The third-order valence-corrected chi connectivity index (χ3v) is 5.58. The minimum atomic E-state index is -4.49. The van der Waals surface area contributed by atoms with E-state index in [1.54, 1.807) is 34.2 Å². The number of fused-ring (bicyclic) bond motifs is 1. The molecule has 2 heterocycles. The minimum absolute atomic E-state index is 0.0939. The molecule has 1 aliphatic heterocycles. The van der Waals surface area contributed by atoms with Crippen LogP contribution in [0.1, 0.15) is 47.2 Å². The number of alkyl halides is 3. The first-order valence-electron chi connectivity index (χ1n) is 8.70. The van der Waals surface area contributed by atoms with Crippen LogP contribution in [-0.4, -0.2) is 16.1 Å². The van der Waals surface area contributed by atoms with E-state index in [9.17, 15) is 18.0 Å². The van der Waals surface area contributed by atoms with E-state index in [4.69, 9.17) is 0 Å². The Morgan fingerprint density at radius 3 is 2.46 bits per heavy atom. The molecule has 0 radical (unpaired) electrons. The molecule has 26 heavy (non-hydrogen) atoms. The van der Waals surface area contributed by atoms with Crippen molar-refractivity contribution in [3.63, 3.8) is 0 Å². The van der Waals surface area contributed by atoms with Gasteiger partial charge in [0.25, 0.3) is 5.91 Å². The lowest BCUT2D eigenvalue weighted by Crippen LogP contribution is -2.63. The number of nitrogens with zero attached hydrogens (tertiary/aromatic N) is 2. The maximum atomic E-state index is 13.6. The van der Waals surface area contributed by atoms with Gasteiger partial charge >= 0.3 is 6.18 Å². The fraction of sp³-hybridized carbons (Fsp3) is 0.350. The maximum absolute atomic E-state index is 13.6. The third-order valence-electron chi connectivity index (χ3n) is 5.58. The lowest BCUT2D eigenvalue weighted by atomic mass is 9.70. The van der Waals surface area contributed by atoms with E-state index in [0.717, 1.165) is 24.5 Å². The zero-order chi connectivity index (χ0) is 18.5. The maximum Gasteiger partial charge on any atom is 0.416 e. The van der Waals surface area contributed by atoms with Crippen LogP contribution in [0.5, 0.6) is 0 Å². The number of carbonyl (C=O) groups is 1. The summed E-state index contributed by atoms with van der Waals surface area (Å²) in [7, 11) is 0. The van der Waals surface area contributed by atoms with Crippen molar-refractivity contribution in [2.24, 2.45) is 0 Å². The molecule has 0 bridgehead atoms.